The fourth-order valence-electron chi connectivity index (χ4n) is 2.52. The van der Waals surface area contributed by atoms with Crippen molar-refractivity contribution in [1.29, 1.82) is 0 Å². The van der Waals surface area contributed by atoms with E-state index in [1.54, 1.807) is 24.3 Å². The van der Waals surface area contributed by atoms with Gasteiger partial charge in [0, 0.05) is 11.8 Å². The standard InChI is InChI=1S/C18H15FN2O4/c19-12-7-5-11(6-8-12)9-15(18(23)24)20-17(22)10-14-13-3-1-2-4-16(13)25-21-14/h1-8,15H,9-10H2,(H,20,22)(H,23,24). The molecule has 0 aliphatic rings. The number of rotatable bonds is 6. The van der Waals surface area contributed by atoms with Gasteiger partial charge in [-0.05, 0) is 29.8 Å². The Kier molecular flexibility index (Phi) is 4.74. The Balaban J connectivity index is 1.68. The van der Waals surface area contributed by atoms with Crippen molar-refractivity contribution in [2.24, 2.45) is 0 Å². The van der Waals surface area contributed by atoms with E-state index in [0.29, 0.717) is 22.2 Å². The van der Waals surface area contributed by atoms with Crippen molar-refractivity contribution < 1.29 is 23.6 Å². The fraction of sp³-hybridized carbons (Fsp3) is 0.167. The van der Waals surface area contributed by atoms with Crippen LogP contribution in [0.2, 0.25) is 0 Å². The summed E-state index contributed by atoms with van der Waals surface area (Å²) in [5.74, 6) is -2.05. The highest BCUT2D eigenvalue weighted by atomic mass is 19.1. The Hall–Kier alpha value is -3.22. The summed E-state index contributed by atoms with van der Waals surface area (Å²) in [5.41, 5.74) is 1.62. The molecule has 0 saturated carbocycles. The van der Waals surface area contributed by atoms with Crippen LogP contribution >= 0.6 is 0 Å². The second-order valence-corrected chi connectivity index (χ2v) is 5.59. The first-order valence-corrected chi connectivity index (χ1v) is 7.63. The maximum Gasteiger partial charge on any atom is 0.326 e. The molecule has 0 aliphatic carbocycles. The molecule has 1 heterocycles. The second-order valence-electron chi connectivity index (χ2n) is 5.59. The molecular weight excluding hydrogens is 327 g/mol. The van der Waals surface area contributed by atoms with Crippen LogP contribution in [-0.2, 0) is 22.4 Å². The van der Waals surface area contributed by atoms with Gasteiger partial charge in [0.2, 0.25) is 5.91 Å². The van der Waals surface area contributed by atoms with Crippen molar-refractivity contribution in [3.05, 3.63) is 65.6 Å². The topological polar surface area (TPSA) is 92.4 Å². The van der Waals surface area contributed by atoms with Crippen LogP contribution in [0, 0.1) is 5.82 Å². The number of benzene rings is 2. The molecule has 0 radical (unpaired) electrons. The summed E-state index contributed by atoms with van der Waals surface area (Å²) in [6.45, 7) is 0. The van der Waals surface area contributed by atoms with Crippen LogP contribution < -0.4 is 5.32 Å². The van der Waals surface area contributed by atoms with Gasteiger partial charge >= 0.3 is 5.97 Å². The van der Waals surface area contributed by atoms with Gasteiger partial charge in [0.25, 0.3) is 0 Å². The number of fused-ring (bicyclic) bond motifs is 1. The zero-order valence-corrected chi connectivity index (χ0v) is 13.1. The normalized spacial score (nSPS) is 12.0. The molecule has 7 heteroatoms. The fourth-order valence-corrected chi connectivity index (χ4v) is 2.52. The average molecular weight is 342 g/mol. The summed E-state index contributed by atoms with van der Waals surface area (Å²) >= 11 is 0. The lowest BCUT2D eigenvalue weighted by atomic mass is 10.1. The molecule has 0 spiro atoms. The SMILES string of the molecule is O=C(Cc1noc2ccccc12)NC(Cc1ccc(F)cc1)C(=O)O. The minimum Gasteiger partial charge on any atom is -0.480 e. The number of nitrogens with one attached hydrogen (secondary N) is 1. The highest BCUT2D eigenvalue weighted by Crippen LogP contribution is 2.18. The summed E-state index contributed by atoms with van der Waals surface area (Å²) in [7, 11) is 0. The van der Waals surface area contributed by atoms with E-state index in [2.05, 4.69) is 10.5 Å². The molecule has 25 heavy (non-hydrogen) atoms. The summed E-state index contributed by atoms with van der Waals surface area (Å²) in [6, 6.07) is 11.5. The number of carboxylic acid groups (broad SMARTS) is 1. The van der Waals surface area contributed by atoms with Crippen molar-refractivity contribution >= 4 is 22.8 Å². The quantitative estimate of drug-likeness (QED) is 0.717. The molecule has 3 rings (SSSR count). The average Bonchev–Trinajstić information content (AvgIpc) is 2.99. The third kappa shape index (κ3) is 4.00. The Labute approximate surface area is 142 Å². The van der Waals surface area contributed by atoms with Crippen LogP contribution in [0.25, 0.3) is 11.0 Å². The first-order chi connectivity index (χ1) is 12.0. The summed E-state index contributed by atoms with van der Waals surface area (Å²) < 4.78 is 18.1. The van der Waals surface area contributed by atoms with Crippen LogP contribution in [0.4, 0.5) is 4.39 Å². The van der Waals surface area contributed by atoms with Gasteiger partial charge in [0.1, 0.15) is 17.6 Å². The molecule has 1 amide bonds. The third-order valence-electron chi connectivity index (χ3n) is 3.77. The van der Waals surface area contributed by atoms with Gasteiger partial charge in [-0.15, -0.1) is 0 Å². The van der Waals surface area contributed by atoms with E-state index in [9.17, 15) is 19.1 Å². The molecule has 0 aliphatic heterocycles. The molecule has 0 fully saturated rings. The predicted molar refractivity (Wildman–Crippen MR) is 87.4 cm³/mol. The monoisotopic (exact) mass is 342 g/mol. The zero-order valence-electron chi connectivity index (χ0n) is 13.1. The predicted octanol–water partition coefficient (Wildman–Crippen LogP) is 2.32. The van der Waals surface area contributed by atoms with Crippen LogP contribution in [0.3, 0.4) is 0 Å². The Bertz CT molecular complexity index is 905. The molecule has 6 nitrogen and oxygen atoms in total. The second kappa shape index (κ2) is 7.12. The van der Waals surface area contributed by atoms with Crippen molar-refractivity contribution in [2.45, 2.75) is 18.9 Å². The molecule has 2 aromatic carbocycles. The molecule has 128 valence electrons. The lowest BCUT2D eigenvalue weighted by Gasteiger charge is -2.14. The number of carbonyl (C=O) groups excluding carboxylic acids is 1. The first-order valence-electron chi connectivity index (χ1n) is 7.63. The zero-order chi connectivity index (χ0) is 17.8. The van der Waals surface area contributed by atoms with E-state index in [0.717, 1.165) is 0 Å². The number of carbonyl (C=O) groups is 2. The number of carboxylic acids is 1. The molecule has 2 N–H and O–H groups in total. The van der Waals surface area contributed by atoms with E-state index < -0.39 is 23.7 Å². The number of aliphatic carboxylic acids is 1. The Morgan fingerprint density at radius 2 is 1.88 bits per heavy atom. The van der Waals surface area contributed by atoms with Crippen LogP contribution in [-0.4, -0.2) is 28.2 Å². The van der Waals surface area contributed by atoms with Crippen molar-refractivity contribution in [1.82, 2.24) is 10.5 Å². The van der Waals surface area contributed by atoms with E-state index in [1.165, 1.54) is 24.3 Å². The number of amides is 1. The number of hydrogen-bond donors (Lipinski definition) is 2. The van der Waals surface area contributed by atoms with Gasteiger partial charge in [-0.3, -0.25) is 4.79 Å². The van der Waals surface area contributed by atoms with Crippen molar-refractivity contribution in [3.8, 4) is 0 Å². The minimum absolute atomic E-state index is 0.0565. The summed E-state index contributed by atoms with van der Waals surface area (Å²) in [4.78, 5) is 23.6. The van der Waals surface area contributed by atoms with E-state index >= 15 is 0 Å². The molecule has 3 aromatic rings. The highest BCUT2D eigenvalue weighted by molar-refractivity contribution is 5.88. The third-order valence-corrected chi connectivity index (χ3v) is 3.77. The number of hydrogen-bond acceptors (Lipinski definition) is 4. The lowest BCUT2D eigenvalue weighted by molar-refractivity contribution is -0.141. The smallest absolute Gasteiger partial charge is 0.326 e. The van der Waals surface area contributed by atoms with Crippen molar-refractivity contribution in [3.63, 3.8) is 0 Å². The number of halogens is 1. The van der Waals surface area contributed by atoms with E-state index in [-0.39, 0.29) is 12.8 Å². The first kappa shape index (κ1) is 16.6. The van der Waals surface area contributed by atoms with E-state index in [4.69, 9.17) is 4.52 Å². The molecule has 0 bridgehead atoms. The van der Waals surface area contributed by atoms with Gasteiger partial charge in [-0.1, -0.05) is 29.4 Å². The number of aromatic nitrogens is 1. The maximum absolute atomic E-state index is 12.9. The molecule has 1 aromatic heterocycles. The molecule has 1 unspecified atom stereocenters. The highest BCUT2D eigenvalue weighted by Gasteiger charge is 2.22. The van der Waals surface area contributed by atoms with Gasteiger partial charge in [0.05, 0.1) is 6.42 Å². The number of para-hydroxylation sites is 1. The van der Waals surface area contributed by atoms with Crippen LogP contribution in [0.5, 0.6) is 0 Å². The molecular formula is C18H15FN2O4. The minimum atomic E-state index is -1.16. The summed E-state index contributed by atoms with van der Waals surface area (Å²) in [6.07, 6.45) is -0.0366. The summed E-state index contributed by atoms with van der Waals surface area (Å²) in [5, 5.41) is 16.3. The van der Waals surface area contributed by atoms with Gasteiger partial charge < -0.3 is 14.9 Å². The lowest BCUT2D eigenvalue weighted by Crippen LogP contribution is -2.43. The molecule has 0 saturated heterocycles. The van der Waals surface area contributed by atoms with Crippen molar-refractivity contribution in [2.75, 3.05) is 0 Å². The Morgan fingerprint density at radius 1 is 1.16 bits per heavy atom. The van der Waals surface area contributed by atoms with Gasteiger partial charge in [0.15, 0.2) is 5.58 Å². The van der Waals surface area contributed by atoms with Gasteiger partial charge in [-0.25, -0.2) is 9.18 Å². The number of nitrogens with zero attached hydrogens (tertiary/aromatic N) is 1. The Morgan fingerprint density at radius 3 is 2.60 bits per heavy atom. The largest absolute Gasteiger partial charge is 0.480 e. The van der Waals surface area contributed by atoms with Crippen LogP contribution in [0.1, 0.15) is 11.3 Å². The van der Waals surface area contributed by atoms with Gasteiger partial charge in [-0.2, -0.15) is 0 Å². The maximum atomic E-state index is 12.9. The van der Waals surface area contributed by atoms with Crippen LogP contribution in [0.15, 0.2) is 53.1 Å². The van der Waals surface area contributed by atoms with E-state index in [1.807, 2.05) is 0 Å². The molecule has 1 atom stereocenters.